The number of hydrogen-bond acceptors (Lipinski definition) is 3. The minimum absolute atomic E-state index is 0.246. The van der Waals surface area contributed by atoms with Crippen LogP contribution in [-0.2, 0) is 6.16 Å². The summed E-state index contributed by atoms with van der Waals surface area (Å²) < 4.78 is 5.90. The number of anilines is 1. The van der Waals surface area contributed by atoms with Crippen LogP contribution in [0.3, 0.4) is 0 Å². The van der Waals surface area contributed by atoms with Crippen molar-refractivity contribution in [3.05, 3.63) is 145 Å². The van der Waals surface area contributed by atoms with E-state index in [0.717, 1.165) is 25.0 Å². The van der Waals surface area contributed by atoms with E-state index in [2.05, 4.69) is 127 Å². The Bertz CT molecular complexity index is 1330. The lowest BCUT2D eigenvalue weighted by atomic mass is 10.2. The average molecular weight is 533 g/mol. The van der Waals surface area contributed by atoms with E-state index in [1.54, 1.807) is 24.3 Å². The molecule has 0 aliphatic heterocycles. The lowest BCUT2D eigenvalue weighted by molar-refractivity contribution is 0.323. The first-order valence-electron chi connectivity index (χ1n) is 13.5. The molecule has 0 aliphatic rings. The highest BCUT2D eigenvalue weighted by molar-refractivity contribution is 7.95. The highest BCUT2D eigenvalue weighted by atomic mass is 31.2. The topological polar surface area (TPSA) is 32.7 Å². The van der Waals surface area contributed by atoms with Gasteiger partial charge in [-0.15, -0.1) is 0 Å². The Labute approximate surface area is 232 Å². The first kappa shape index (κ1) is 26.5. The van der Waals surface area contributed by atoms with Gasteiger partial charge in [0.1, 0.15) is 41.3 Å². The van der Waals surface area contributed by atoms with Gasteiger partial charge in [-0.1, -0.05) is 66.7 Å². The molecule has 0 saturated carbocycles. The molecule has 0 atom stereocenters. The van der Waals surface area contributed by atoms with Gasteiger partial charge in [-0.3, -0.25) is 0 Å². The normalized spacial score (nSPS) is 11.2. The SMILES string of the molecule is CCN(CCOc1ccc(O)cc1)c1ccc(C[P+](c2ccccc2)(c2ccccc2)c2ccccc2)cc1. The van der Waals surface area contributed by atoms with Crippen LogP contribution < -0.4 is 25.6 Å². The Hall–Kier alpha value is -4.07. The van der Waals surface area contributed by atoms with Gasteiger partial charge < -0.3 is 14.7 Å². The largest absolute Gasteiger partial charge is 0.508 e. The van der Waals surface area contributed by atoms with Crippen LogP contribution in [-0.4, -0.2) is 24.8 Å². The molecule has 4 heteroatoms. The van der Waals surface area contributed by atoms with E-state index in [0.29, 0.717) is 6.61 Å². The molecule has 39 heavy (non-hydrogen) atoms. The number of nitrogens with zero attached hydrogens (tertiary/aromatic N) is 1. The molecule has 5 rings (SSSR count). The monoisotopic (exact) mass is 532 g/mol. The zero-order valence-corrected chi connectivity index (χ0v) is 23.3. The van der Waals surface area contributed by atoms with Crippen LogP contribution in [0.25, 0.3) is 0 Å². The van der Waals surface area contributed by atoms with Gasteiger partial charge in [0.2, 0.25) is 0 Å². The minimum atomic E-state index is -1.93. The fourth-order valence-corrected chi connectivity index (χ4v) is 9.38. The van der Waals surface area contributed by atoms with Crippen molar-refractivity contribution in [2.24, 2.45) is 0 Å². The molecule has 5 aromatic rings. The van der Waals surface area contributed by atoms with Crippen LogP contribution >= 0.6 is 7.26 Å². The summed E-state index contributed by atoms with van der Waals surface area (Å²) in [6, 6.07) is 49.1. The zero-order chi connectivity index (χ0) is 26.9. The van der Waals surface area contributed by atoms with Crippen LogP contribution in [0.15, 0.2) is 140 Å². The fourth-order valence-electron chi connectivity index (χ4n) is 5.14. The molecule has 0 amide bonds. The van der Waals surface area contributed by atoms with Crippen LogP contribution in [0.2, 0.25) is 0 Å². The second-order valence-corrected chi connectivity index (χ2v) is 13.0. The minimum Gasteiger partial charge on any atom is -0.508 e. The average Bonchev–Trinajstić information content (AvgIpc) is 3.01. The number of benzene rings is 5. The zero-order valence-electron chi connectivity index (χ0n) is 22.4. The maximum absolute atomic E-state index is 9.48. The number of ether oxygens (including phenoxy) is 1. The number of phenolic OH excluding ortho intramolecular Hbond substituents is 1. The van der Waals surface area contributed by atoms with Gasteiger partial charge in [-0.25, -0.2) is 0 Å². The standard InChI is InChI=1S/C35H34NO2P/c1-2-36(26-27-38-32-24-22-31(37)23-25-32)30-20-18-29(19-21-30)28-39(33-12-6-3-7-13-33,34-14-8-4-9-15-34)35-16-10-5-11-17-35/h3-25H,2,26-28H2,1H3/p+1. The van der Waals surface area contributed by atoms with Crippen molar-refractivity contribution in [1.29, 1.82) is 0 Å². The Morgan fingerprint density at radius 3 is 1.56 bits per heavy atom. The third kappa shape index (κ3) is 6.16. The Morgan fingerprint density at radius 1 is 0.615 bits per heavy atom. The molecule has 0 radical (unpaired) electrons. The van der Waals surface area contributed by atoms with Crippen LogP contribution in [0.5, 0.6) is 11.5 Å². The van der Waals surface area contributed by atoms with Crippen molar-refractivity contribution >= 4 is 28.9 Å². The van der Waals surface area contributed by atoms with E-state index in [1.165, 1.54) is 27.2 Å². The van der Waals surface area contributed by atoms with E-state index < -0.39 is 7.26 Å². The summed E-state index contributed by atoms with van der Waals surface area (Å²) in [6.07, 6.45) is 0.960. The molecule has 0 bridgehead atoms. The summed E-state index contributed by atoms with van der Waals surface area (Å²) >= 11 is 0. The van der Waals surface area contributed by atoms with Gasteiger partial charge in [0.05, 0.1) is 12.7 Å². The molecular formula is C35H35NO2P+. The highest BCUT2D eigenvalue weighted by Gasteiger charge is 2.45. The number of phenols is 1. The Balaban J connectivity index is 1.41. The quantitative estimate of drug-likeness (QED) is 0.190. The molecule has 0 aromatic heterocycles. The van der Waals surface area contributed by atoms with Crippen LogP contribution in [0.1, 0.15) is 12.5 Å². The maximum Gasteiger partial charge on any atom is 0.119 e. The number of likely N-dealkylation sites (N-methyl/N-ethyl adjacent to an activating group) is 1. The summed E-state index contributed by atoms with van der Waals surface area (Å²) in [7, 11) is -1.93. The summed E-state index contributed by atoms with van der Waals surface area (Å²) in [4.78, 5) is 2.33. The highest BCUT2D eigenvalue weighted by Crippen LogP contribution is 2.58. The predicted octanol–water partition coefficient (Wildman–Crippen LogP) is 6.79. The van der Waals surface area contributed by atoms with Gasteiger partial charge in [0, 0.05) is 12.2 Å². The second-order valence-electron chi connectivity index (χ2n) is 9.56. The van der Waals surface area contributed by atoms with Crippen molar-refractivity contribution in [3.63, 3.8) is 0 Å². The van der Waals surface area contributed by atoms with Crippen molar-refractivity contribution in [2.45, 2.75) is 13.1 Å². The van der Waals surface area contributed by atoms with Crippen molar-refractivity contribution in [2.75, 3.05) is 24.6 Å². The number of rotatable bonds is 11. The van der Waals surface area contributed by atoms with Crippen molar-refractivity contribution < 1.29 is 9.84 Å². The smallest absolute Gasteiger partial charge is 0.119 e. The molecular weight excluding hydrogens is 497 g/mol. The summed E-state index contributed by atoms with van der Waals surface area (Å²) in [5.41, 5.74) is 2.53. The number of aromatic hydroxyl groups is 1. The summed E-state index contributed by atoms with van der Waals surface area (Å²) in [6.45, 7) is 4.43. The molecule has 196 valence electrons. The van der Waals surface area contributed by atoms with Crippen molar-refractivity contribution in [1.82, 2.24) is 0 Å². The van der Waals surface area contributed by atoms with E-state index in [-0.39, 0.29) is 5.75 Å². The van der Waals surface area contributed by atoms with Gasteiger partial charge in [-0.2, -0.15) is 0 Å². The van der Waals surface area contributed by atoms with Gasteiger partial charge in [0.25, 0.3) is 0 Å². The molecule has 0 unspecified atom stereocenters. The molecule has 5 aromatic carbocycles. The molecule has 0 fully saturated rings. The van der Waals surface area contributed by atoms with Crippen LogP contribution in [0.4, 0.5) is 5.69 Å². The first-order chi connectivity index (χ1) is 19.2. The fraction of sp³-hybridized carbons (Fsp3) is 0.143. The Morgan fingerprint density at radius 2 is 1.10 bits per heavy atom. The lowest BCUT2D eigenvalue weighted by Crippen LogP contribution is -2.32. The summed E-state index contributed by atoms with van der Waals surface area (Å²) in [5, 5.41) is 13.7. The van der Waals surface area contributed by atoms with Gasteiger partial charge in [-0.05, 0) is 85.3 Å². The third-order valence-electron chi connectivity index (χ3n) is 7.16. The van der Waals surface area contributed by atoms with E-state index in [4.69, 9.17) is 4.74 Å². The molecule has 0 saturated heterocycles. The second kappa shape index (κ2) is 12.7. The molecule has 1 N–H and O–H groups in total. The van der Waals surface area contributed by atoms with Gasteiger partial charge in [0.15, 0.2) is 0 Å². The third-order valence-corrected chi connectivity index (χ3v) is 11.5. The molecule has 3 nitrogen and oxygen atoms in total. The van der Waals surface area contributed by atoms with Gasteiger partial charge >= 0.3 is 0 Å². The Kier molecular flexibility index (Phi) is 8.61. The van der Waals surface area contributed by atoms with E-state index >= 15 is 0 Å². The predicted molar refractivity (Wildman–Crippen MR) is 167 cm³/mol. The van der Waals surface area contributed by atoms with E-state index in [9.17, 15) is 5.11 Å². The lowest BCUT2D eigenvalue weighted by Gasteiger charge is -2.28. The van der Waals surface area contributed by atoms with Crippen LogP contribution in [0, 0.1) is 0 Å². The molecule has 0 aliphatic carbocycles. The molecule has 0 spiro atoms. The maximum atomic E-state index is 9.48. The first-order valence-corrected chi connectivity index (χ1v) is 15.5. The van der Waals surface area contributed by atoms with E-state index in [1.807, 2.05) is 0 Å². The number of hydrogen-bond donors (Lipinski definition) is 1. The van der Waals surface area contributed by atoms with Crippen molar-refractivity contribution in [3.8, 4) is 11.5 Å². The summed E-state index contributed by atoms with van der Waals surface area (Å²) in [5.74, 6) is 1.01. The molecule has 0 heterocycles.